The van der Waals surface area contributed by atoms with E-state index in [0.717, 1.165) is 16.0 Å². The molecule has 3 N–H and O–H groups in total. The zero-order chi connectivity index (χ0) is 31.8. The molecule has 45 heavy (non-hydrogen) atoms. The van der Waals surface area contributed by atoms with Gasteiger partial charge in [0.15, 0.2) is 0 Å². The van der Waals surface area contributed by atoms with Gasteiger partial charge in [-0.2, -0.15) is 10.1 Å². The predicted octanol–water partition coefficient (Wildman–Crippen LogP) is 5.75. The van der Waals surface area contributed by atoms with E-state index < -0.39 is 17.1 Å². The van der Waals surface area contributed by atoms with Crippen LogP contribution in [0.5, 0.6) is 0 Å². The van der Waals surface area contributed by atoms with Gasteiger partial charge in [-0.25, -0.2) is 0 Å². The van der Waals surface area contributed by atoms with Gasteiger partial charge in [0.2, 0.25) is 5.91 Å². The van der Waals surface area contributed by atoms with Crippen LogP contribution in [-0.4, -0.2) is 34.7 Å². The van der Waals surface area contributed by atoms with Crippen LogP contribution in [0.2, 0.25) is 0 Å². The number of anilines is 2. The Balaban J connectivity index is 1.21. The van der Waals surface area contributed by atoms with Gasteiger partial charge in [-0.3, -0.25) is 19.2 Å². The lowest BCUT2D eigenvalue weighted by molar-refractivity contribution is -0.119. The van der Waals surface area contributed by atoms with Crippen molar-refractivity contribution in [3.63, 3.8) is 0 Å². The van der Waals surface area contributed by atoms with Gasteiger partial charge in [0.1, 0.15) is 11.5 Å². The van der Waals surface area contributed by atoms with Crippen molar-refractivity contribution < 1.29 is 19.2 Å². The van der Waals surface area contributed by atoms with Crippen LogP contribution >= 0.6 is 11.8 Å². The van der Waals surface area contributed by atoms with Crippen molar-refractivity contribution in [3.8, 4) is 0 Å². The van der Waals surface area contributed by atoms with E-state index in [0.29, 0.717) is 22.8 Å². The second kappa shape index (κ2) is 14.3. The summed E-state index contributed by atoms with van der Waals surface area (Å²) in [6.45, 7) is 3.72. The van der Waals surface area contributed by atoms with Crippen molar-refractivity contribution in [1.82, 2.24) is 10.6 Å². The Hall–Kier alpha value is -5.48. The van der Waals surface area contributed by atoms with Gasteiger partial charge in [0.05, 0.1) is 17.4 Å². The minimum atomic E-state index is -0.481. The minimum absolute atomic E-state index is 0.0124. The summed E-state index contributed by atoms with van der Waals surface area (Å²) in [6, 6.07) is 32.4. The molecule has 1 heterocycles. The van der Waals surface area contributed by atoms with E-state index in [4.69, 9.17) is 0 Å². The van der Waals surface area contributed by atoms with E-state index in [-0.39, 0.29) is 23.9 Å². The molecule has 0 fully saturated rings. The van der Waals surface area contributed by atoms with Crippen molar-refractivity contribution >= 4 is 58.7 Å². The monoisotopic (exact) mass is 617 g/mol. The summed E-state index contributed by atoms with van der Waals surface area (Å²) in [5.74, 6) is -1.08. The number of carbonyl (C=O) groups is 4. The smallest absolute Gasteiger partial charge is 0.272 e. The zero-order valence-corrected chi connectivity index (χ0v) is 25.5. The largest absolute Gasteiger partial charge is 0.321 e. The molecule has 4 amide bonds. The number of carbonyl (C=O) groups excluding carboxylic acids is 4. The molecule has 5 rings (SSSR count). The van der Waals surface area contributed by atoms with Crippen LogP contribution in [0, 0.1) is 6.92 Å². The molecule has 1 aliphatic rings. The lowest BCUT2D eigenvalue weighted by Crippen LogP contribution is -2.35. The number of hydrazone groups is 1. The van der Waals surface area contributed by atoms with Gasteiger partial charge in [0.25, 0.3) is 17.7 Å². The van der Waals surface area contributed by atoms with Crippen LogP contribution in [0.15, 0.2) is 125 Å². The third kappa shape index (κ3) is 8.33. The number of para-hydroxylation sites is 1. The Bertz CT molecular complexity index is 1770. The lowest BCUT2D eigenvalue weighted by atomic mass is 10.1. The van der Waals surface area contributed by atoms with Gasteiger partial charge in [-0.15, -0.1) is 11.8 Å². The van der Waals surface area contributed by atoms with E-state index in [9.17, 15) is 19.2 Å². The second-order valence-corrected chi connectivity index (χ2v) is 11.7. The second-order valence-electron chi connectivity index (χ2n) is 10.3. The van der Waals surface area contributed by atoms with Gasteiger partial charge >= 0.3 is 0 Å². The molecule has 1 atom stereocenters. The van der Waals surface area contributed by atoms with E-state index >= 15 is 0 Å². The van der Waals surface area contributed by atoms with Gasteiger partial charge in [-0.1, -0.05) is 66.2 Å². The molecule has 0 radical (unpaired) electrons. The zero-order valence-electron chi connectivity index (χ0n) is 24.7. The SMILES string of the molecule is Cc1cccc(/C=C(\NC(=O)c2ccccc2)C(=O)Nc2ccc(SC(C)C(=O)NC3=NN(c4ccccc4)C(=O)C3)cc2)c1. The minimum Gasteiger partial charge on any atom is -0.321 e. The van der Waals surface area contributed by atoms with Gasteiger partial charge in [-0.05, 0) is 74.0 Å². The van der Waals surface area contributed by atoms with Crippen LogP contribution < -0.4 is 21.0 Å². The number of nitrogens with one attached hydrogen (secondary N) is 3. The molecule has 4 aromatic rings. The number of nitrogens with zero attached hydrogens (tertiary/aromatic N) is 2. The van der Waals surface area contributed by atoms with E-state index in [2.05, 4.69) is 21.1 Å². The fraction of sp³-hybridized carbons (Fsp3) is 0.114. The highest BCUT2D eigenvalue weighted by molar-refractivity contribution is 8.00. The number of rotatable bonds is 9. The molecule has 0 spiro atoms. The Morgan fingerprint density at radius 1 is 0.867 bits per heavy atom. The molecular formula is C35H31N5O4S. The average Bonchev–Trinajstić information content (AvgIpc) is 3.41. The molecule has 226 valence electrons. The molecule has 10 heteroatoms. The molecule has 0 saturated carbocycles. The summed E-state index contributed by atoms with van der Waals surface area (Å²) in [5.41, 5.74) is 3.47. The molecule has 0 aliphatic carbocycles. The lowest BCUT2D eigenvalue weighted by Gasteiger charge is -2.13. The highest BCUT2D eigenvalue weighted by Crippen LogP contribution is 2.26. The molecule has 4 aromatic carbocycles. The van der Waals surface area contributed by atoms with Crippen LogP contribution in [0.4, 0.5) is 11.4 Å². The quantitative estimate of drug-likeness (QED) is 0.163. The van der Waals surface area contributed by atoms with Crippen LogP contribution in [0.3, 0.4) is 0 Å². The number of hydrogen-bond donors (Lipinski definition) is 3. The van der Waals surface area contributed by atoms with Crippen LogP contribution in [-0.2, 0) is 14.4 Å². The first-order valence-electron chi connectivity index (χ1n) is 14.2. The van der Waals surface area contributed by atoms with Crippen molar-refractivity contribution in [1.29, 1.82) is 0 Å². The summed E-state index contributed by atoms with van der Waals surface area (Å²) in [5, 5.41) is 13.4. The Labute approximate surface area is 265 Å². The van der Waals surface area contributed by atoms with Crippen molar-refractivity contribution in [2.24, 2.45) is 5.10 Å². The summed E-state index contributed by atoms with van der Waals surface area (Å²) >= 11 is 1.33. The highest BCUT2D eigenvalue weighted by atomic mass is 32.2. The fourth-order valence-electron chi connectivity index (χ4n) is 4.46. The van der Waals surface area contributed by atoms with Gasteiger partial charge < -0.3 is 16.0 Å². The average molecular weight is 618 g/mol. The third-order valence-corrected chi connectivity index (χ3v) is 7.83. The van der Waals surface area contributed by atoms with E-state index in [1.54, 1.807) is 73.7 Å². The highest BCUT2D eigenvalue weighted by Gasteiger charge is 2.27. The number of aryl methyl sites for hydroxylation is 1. The Morgan fingerprint density at radius 2 is 1.56 bits per heavy atom. The predicted molar refractivity (Wildman–Crippen MR) is 178 cm³/mol. The summed E-state index contributed by atoms with van der Waals surface area (Å²) < 4.78 is 0. The normalized spacial score (nSPS) is 13.6. The molecule has 1 aliphatic heterocycles. The molecule has 0 bridgehead atoms. The molecule has 0 saturated heterocycles. The summed E-state index contributed by atoms with van der Waals surface area (Å²) in [7, 11) is 0. The molecule has 1 unspecified atom stereocenters. The number of amidine groups is 1. The molecule has 9 nitrogen and oxygen atoms in total. The maximum absolute atomic E-state index is 13.3. The first-order valence-corrected chi connectivity index (χ1v) is 15.1. The van der Waals surface area contributed by atoms with E-state index in [1.807, 2.05) is 55.5 Å². The maximum Gasteiger partial charge on any atom is 0.272 e. The Morgan fingerprint density at radius 3 is 2.24 bits per heavy atom. The topological polar surface area (TPSA) is 120 Å². The van der Waals surface area contributed by atoms with Gasteiger partial charge in [0, 0.05) is 16.1 Å². The molecule has 0 aromatic heterocycles. The van der Waals surface area contributed by atoms with Crippen molar-refractivity contribution in [2.75, 3.05) is 10.3 Å². The summed E-state index contributed by atoms with van der Waals surface area (Å²) in [6.07, 6.45) is 1.65. The van der Waals surface area contributed by atoms with Crippen molar-refractivity contribution in [2.45, 2.75) is 30.4 Å². The third-order valence-electron chi connectivity index (χ3n) is 6.72. The number of hydrogen-bond acceptors (Lipinski definition) is 6. The van der Waals surface area contributed by atoms with Crippen LogP contribution in [0.25, 0.3) is 6.08 Å². The maximum atomic E-state index is 13.3. The first-order chi connectivity index (χ1) is 21.7. The Kier molecular flexibility index (Phi) is 9.86. The van der Waals surface area contributed by atoms with E-state index in [1.165, 1.54) is 16.8 Å². The molecular weight excluding hydrogens is 586 g/mol. The number of amides is 4. The van der Waals surface area contributed by atoms with Crippen molar-refractivity contribution in [3.05, 3.63) is 132 Å². The standard InChI is InChI=1S/C35H31N5O4S/c1-23-10-9-11-25(20-23)21-30(37-34(43)26-12-5-3-6-13-26)35(44)36-27-16-18-29(19-17-27)45-24(2)33(42)38-31-22-32(41)40(39-31)28-14-7-4-8-15-28/h3-21,24H,22H2,1-2H3,(H,36,44)(H,37,43)(H,38,39,42)/b30-21-. The summed E-state index contributed by atoms with van der Waals surface area (Å²) in [4.78, 5) is 52.3. The first kappa shape index (κ1) is 31.0. The number of thioether (sulfide) groups is 1. The van der Waals surface area contributed by atoms with Crippen LogP contribution in [0.1, 0.15) is 34.8 Å². The number of benzene rings is 4. The fourth-order valence-corrected chi connectivity index (χ4v) is 5.32.